The Morgan fingerprint density at radius 3 is 2.70 bits per heavy atom. The standard InChI is InChI=1S/C22H21N3O2/c1-16-7-8-22(24-12-16)27-19-9-10-25(14-19)21-13-23-20(11-18(21)15-26)17-5-3-2-4-6-17/h2-8,11-13,15,19H,9-10,14H2,1H3/t19-/m1/s1. The van der Waals surface area contributed by atoms with Gasteiger partial charge in [0.1, 0.15) is 6.10 Å². The van der Waals surface area contributed by atoms with E-state index in [2.05, 4.69) is 14.9 Å². The lowest BCUT2D eigenvalue weighted by molar-refractivity contribution is 0.112. The first-order valence-corrected chi connectivity index (χ1v) is 9.08. The Hall–Kier alpha value is -3.21. The second-order valence-electron chi connectivity index (χ2n) is 6.76. The molecule has 0 N–H and O–H groups in total. The van der Waals surface area contributed by atoms with Crippen LogP contribution in [0.5, 0.6) is 5.88 Å². The van der Waals surface area contributed by atoms with Crippen molar-refractivity contribution in [1.29, 1.82) is 0 Å². The van der Waals surface area contributed by atoms with E-state index in [0.717, 1.165) is 41.8 Å². The van der Waals surface area contributed by atoms with Gasteiger partial charge in [-0.15, -0.1) is 0 Å². The average molecular weight is 359 g/mol. The van der Waals surface area contributed by atoms with Crippen LogP contribution < -0.4 is 9.64 Å². The predicted molar refractivity (Wildman–Crippen MR) is 105 cm³/mol. The lowest BCUT2D eigenvalue weighted by Gasteiger charge is -2.20. The summed E-state index contributed by atoms with van der Waals surface area (Å²) >= 11 is 0. The zero-order valence-corrected chi connectivity index (χ0v) is 15.2. The number of aryl methyl sites for hydroxylation is 1. The van der Waals surface area contributed by atoms with Gasteiger partial charge in [-0.1, -0.05) is 36.4 Å². The summed E-state index contributed by atoms with van der Waals surface area (Å²) in [6, 6.07) is 15.6. The fraction of sp³-hybridized carbons (Fsp3) is 0.227. The average Bonchev–Trinajstić information content (AvgIpc) is 3.18. The van der Waals surface area contributed by atoms with Crippen LogP contribution in [0.1, 0.15) is 22.3 Å². The van der Waals surface area contributed by atoms with Crippen molar-refractivity contribution in [1.82, 2.24) is 9.97 Å². The smallest absolute Gasteiger partial charge is 0.213 e. The Morgan fingerprint density at radius 1 is 1.11 bits per heavy atom. The Bertz CT molecular complexity index is 926. The van der Waals surface area contributed by atoms with Gasteiger partial charge in [-0.2, -0.15) is 0 Å². The topological polar surface area (TPSA) is 55.3 Å². The minimum atomic E-state index is 0.0495. The number of hydrogen-bond donors (Lipinski definition) is 0. The van der Waals surface area contributed by atoms with Crippen molar-refractivity contribution in [2.24, 2.45) is 0 Å². The number of pyridine rings is 2. The number of anilines is 1. The van der Waals surface area contributed by atoms with Gasteiger partial charge in [0.15, 0.2) is 6.29 Å². The van der Waals surface area contributed by atoms with E-state index in [4.69, 9.17) is 4.74 Å². The summed E-state index contributed by atoms with van der Waals surface area (Å²) in [7, 11) is 0. The lowest BCUT2D eigenvalue weighted by atomic mass is 10.1. The van der Waals surface area contributed by atoms with Crippen LogP contribution >= 0.6 is 0 Å². The van der Waals surface area contributed by atoms with Crippen LogP contribution in [-0.2, 0) is 0 Å². The highest BCUT2D eigenvalue weighted by molar-refractivity contribution is 5.86. The van der Waals surface area contributed by atoms with Crippen molar-refractivity contribution < 1.29 is 9.53 Å². The summed E-state index contributed by atoms with van der Waals surface area (Å²) in [4.78, 5) is 22.7. The summed E-state index contributed by atoms with van der Waals surface area (Å²) in [5, 5.41) is 0. The molecular formula is C22H21N3O2. The number of carbonyl (C=O) groups is 1. The summed E-state index contributed by atoms with van der Waals surface area (Å²) in [6.45, 7) is 3.54. The highest BCUT2D eigenvalue weighted by Crippen LogP contribution is 2.28. The maximum atomic E-state index is 11.7. The molecule has 3 aromatic rings. The van der Waals surface area contributed by atoms with Gasteiger partial charge in [0.25, 0.3) is 0 Å². The summed E-state index contributed by atoms with van der Waals surface area (Å²) in [5.41, 5.74) is 4.42. The first kappa shape index (κ1) is 17.2. The van der Waals surface area contributed by atoms with Crippen LogP contribution in [-0.4, -0.2) is 35.4 Å². The van der Waals surface area contributed by atoms with Crippen LogP contribution in [0, 0.1) is 6.92 Å². The van der Waals surface area contributed by atoms with E-state index >= 15 is 0 Å². The van der Waals surface area contributed by atoms with Gasteiger partial charge in [-0.3, -0.25) is 9.78 Å². The molecule has 2 aromatic heterocycles. The van der Waals surface area contributed by atoms with Gasteiger partial charge in [0, 0.05) is 36.4 Å². The molecule has 1 aliphatic rings. The normalized spacial score (nSPS) is 16.3. The summed E-state index contributed by atoms with van der Waals surface area (Å²) in [5.74, 6) is 0.639. The van der Waals surface area contributed by atoms with Gasteiger partial charge < -0.3 is 9.64 Å². The maximum Gasteiger partial charge on any atom is 0.213 e. The van der Waals surface area contributed by atoms with Crippen molar-refractivity contribution in [3.63, 3.8) is 0 Å². The fourth-order valence-corrected chi connectivity index (χ4v) is 3.33. The molecule has 136 valence electrons. The molecule has 1 atom stereocenters. The largest absolute Gasteiger partial charge is 0.472 e. The Labute approximate surface area is 158 Å². The van der Waals surface area contributed by atoms with Gasteiger partial charge in [0.05, 0.1) is 24.1 Å². The van der Waals surface area contributed by atoms with Gasteiger partial charge in [-0.05, 0) is 18.6 Å². The summed E-state index contributed by atoms with van der Waals surface area (Å²) in [6.07, 6.45) is 5.43. The van der Waals surface area contributed by atoms with E-state index in [1.807, 2.05) is 55.5 Å². The Kier molecular flexibility index (Phi) is 4.83. The molecule has 1 aromatic carbocycles. The van der Waals surface area contributed by atoms with Crippen molar-refractivity contribution in [2.75, 3.05) is 18.0 Å². The number of aldehydes is 1. The number of benzene rings is 1. The molecule has 0 spiro atoms. The summed E-state index contributed by atoms with van der Waals surface area (Å²) < 4.78 is 5.99. The fourth-order valence-electron chi connectivity index (χ4n) is 3.33. The zero-order chi connectivity index (χ0) is 18.6. The highest BCUT2D eigenvalue weighted by Gasteiger charge is 2.26. The molecular weight excluding hydrogens is 338 g/mol. The van der Waals surface area contributed by atoms with Crippen molar-refractivity contribution >= 4 is 12.0 Å². The molecule has 5 heteroatoms. The number of rotatable bonds is 5. The minimum Gasteiger partial charge on any atom is -0.472 e. The lowest BCUT2D eigenvalue weighted by Crippen LogP contribution is -2.25. The predicted octanol–water partition coefficient (Wildman–Crippen LogP) is 3.92. The van der Waals surface area contributed by atoms with Gasteiger partial charge in [-0.25, -0.2) is 4.98 Å². The molecule has 0 saturated carbocycles. The molecule has 0 unspecified atom stereocenters. The van der Waals surface area contributed by atoms with Crippen LogP contribution in [0.2, 0.25) is 0 Å². The highest BCUT2D eigenvalue weighted by atomic mass is 16.5. The monoisotopic (exact) mass is 359 g/mol. The van der Waals surface area contributed by atoms with Crippen molar-refractivity contribution in [2.45, 2.75) is 19.4 Å². The van der Waals surface area contributed by atoms with Crippen molar-refractivity contribution in [3.05, 3.63) is 72.1 Å². The molecule has 0 aliphatic carbocycles. The Morgan fingerprint density at radius 2 is 1.96 bits per heavy atom. The van der Waals surface area contributed by atoms with Crippen molar-refractivity contribution in [3.8, 4) is 17.1 Å². The molecule has 4 rings (SSSR count). The molecule has 5 nitrogen and oxygen atoms in total. The SMILES string of the molecule is Cc1ccc(O[C@@H]2CCN(c3cnc(-c4ccccc4)cc3C=O)C2)nc1. The van der Waals surface area contributed by atoms with E-state index in [0.29, 0.717) is 18.0 Å². The third-order valence-electron chi connectivity index (χ3n) is 4.77. The van der Waals surface area contributed by atoms with E-state index in [9.17, 15) is 4.79 Å². The molecule has 0 bridgehead atoms. The van der Waals surface area contributed by atoms with Gasteiger partial charge >= 0.3 is 0 Å². The number of nitrogens with zero attached hydrogens (tertiary/aromatic N) is 3. The van der Waals surface area contributed by atoms with Crippen LogP contribution in [0.4, 0.5) is 5.69 Å². The van der Waals surface area contributed by atoms with Gasteiger partial charge in [0.2, 0.25) is 5.88 Å². The third-order valence-corrected chi connectivity index (χ3v) is 4.77. The minimum absolute atomic E-state index is 0.0495. The number of ether oxygens (including phenoxy) is 1. The quantitative estimate of drug-likeness (QED) is 0.646. The first-order chi connectivity index (χ1) is 13.2. The van der Waals surface area contributed by atoms with E-state index in [1.165, 1.54) is 0 Å². The second kappa shape index (κ2) is 7.58. The molecule has 1 fully saturated rings. The second-order valence-corrected chi connectivity index (χ2v) is 6.76. The Balaban J connectivity index is 1.50. The molecule has 27 heavy (non-hydrogen) atoms. The van der Waals surface area contributed by atoms with Crippen LogP contribution in [0.3, 0.4) is 0 Å². The van der Waals surface area contributed by atoms with E-state index in [-0.39, 0.29) is 6.10 Å². The number of carbonyl (C=O) groups excluding carboxylic acids is 1. The molecule has 0 radical (unpaired) electrons. The third kappa shape index (κ3) is 3.82. The molecule has 3 heterocycles. The van der Waals surface area contributed by atoms with Crippen LogP contribution in [0.25, 0.3) is 11.3 Å². The van der Waals surface area contributed by atoms with E-state index < -0.39 is 0 Å². The molecule has 0 amide bonds. The number of hydrogen-bond acceptors (Lipinski definition) is 5. The molecule has 1 saturated heterocycles. The first-order valence-electron chi connectivity index (χ1n) is 9.08. The maximum absolute atomic E-state index is 11.7. The zero-order valence-electron chi connectivity index (χ0n) is 15.2. The van der Waals surface area contributed by atoms with E-state index in [1.54, 1.807) is 12.4 Å². The number of aromatic nitrogens is 2. The van der Waals surface area contributed by atoms with Crippen LogP contribution in [0.15, 0.2) is 60.9 Å². The molecule has 1 aliphatic heterocycles.